The van der Waals surface area contributed by atoms with Crippen LogP contribution in [-0.4, -0.2) is 40.6 Å². The molecule has 0 saturated heterocycles. The summed E-state index contributed by atoms with van der Waals surface area (Å²) in [6, 6.07) is 16.2. The van der Waals surface area contributed by atoms with Crippen molar-refractivity contribution in [3.8, 4) is 22.6 Å². The summed E-state index contributed by atoms with van der Waals surface area (Å²) in [5.41, 5.74) is -0.215. The molecule has 11 nitrogen and oxygen atoms in total. The third-order valence-electron chi connectivity index (χ3n) is 7.55. The summed E-state index contributed by atoms with van der Waals surface area (Å²) in [4.78, 5) is 39.2. The summed E-state index contributed by atoms with van der Waals surface area (Å²) in [5, 5.41) is 5.53. The first-order valence-corrected chi connectivity index (χ1v) is 17.2. The Balaban J connectivity index is 1.61. The Morgan fingerprint density at radius 3 is 2.30 bits per heavy atom. The normalized spacial score (nSPS) is 12.4. The topological polar surface area (TPSA) is 138 Å². The molecule has 0 aliphatic rings. The van der Waals surface area contributed by atoms with Gasteiger partial charge in [0.15, 0.2) is 11.6 Å². The van der Waals surface area contributed by atoms with Crippen LogP contribution in [0.15, 0.2) is 90.0 Å². The van der Waals surface area contributed by atoms with Crippen LogP contribution in [0.5, 0.6) is 11.5 Å². The molecule has 0 saturated carbocycles. The molecule has 50 heavy (non-hydrogen) atoms. The molecule has 2 heterocycles. The van der Waals surface area contributed by atoms with E-state index in [-0.39, 0.29) is 45.8 Å². The smallest absolute Gasteiger partial charge is 0.408 e. The lowest BCUT2D eigenvalue weighted by Crippen LogP contribution is -2.45. The number of hydrogen-bond acceptors (Lipinski definition) is 7. The largest absolute Gasteiger partial charge is 0.454 e. The number of rotatable bonds is 10. The molecule has 0 unspecified atom stereocenters. The number of amides is 2. The van der Waals surface area contributed by atoms with Gasteiger partial charge in [0.05, 0.1) is 5.75 Å². The zero-order valence-electron chi connectivity index (χ0n) is 28.0. The second kappa shape index (κ2) is 14.2. The number of pyridine rings is 1. The van der Waals surface area contributed by atoms with Gasteiger partial charge in [0.2, 0.25) is 15.9 Å². The van der Waals surface area contributed by atoms with E-state index in [2.05, 4.69) is 10.6 Å². The highest BCUT2D eigenvalue weighted by Gasteiger charge is 2.26. The van der Waals surface area contributed by atoms with Crippen molar-refractivity contribution in [2.45, 2.75) is 51.5 Å². The lowest BCUT2D eigenvalue weighted by molar-refractivity contribution is -0.118. The molecule has 0 fully saturated rings. The van der Waals surface area contributed by atoms with Gasteiger partial charge in [-0.25, -0.2) is 26.0 Å². The molecule has 5 aromatic rings. The van der Waals surface area contributed by atoms with Crippen LogP contribution in [-0.2, 0) is 32.4 Å². The lowest BCUT2D eigenvalue weighted by atomic mass is 10.0. The zero-order valence-corrected chi connectivity index (χ0v) is 28.8. The van der Waals surface area contributed by atoms with Crippen molar-refractivity contribution in [1.82, 2.24) is 13.9 Å². The molecule has 0 spiro atoms. The number of hydrogen-bond donors (Lipinski definition) is 2. The molecule has 2 aromatic heterocycles. The maximum absolute atomic E-state index is 14.8. The molecular formula is C36H36F2N4O7S. The van der Waals surface area contributed by atoms with Crippen molar-refractivity contribution in [2.75, 3.05) is 5.32 Å². The molecule has 3 aromatic carbocycles. The van der Waals surface area contributed by atoms with Crippen LogP contribution in [0.1, 0.15) is 39.7 Å². The Hall–Kier alpha value is -5.50. The van der Waals surface area contributed by atoms with Crippen molar-refractivity contribution in [3.05, 3.63) is 113 Å². The van der Waals surface area contributed by atoms with E-state index in [1.165, 1.54) is 48.3 Å². The van der Waals surface area contributed by atoms with Crippen LogP contribution < -0.4 is 20.9 Å². The van der Waals surface area contributed by atoms with Gasteiger partial charge in [-0.1, -0.05) is 37.3 Å². The fourth-order valence-corrected chi connectivity index (χ4v) is 6.70. The van der Waals surface area contributed by atoms with Crippen LogP contribution >= 0.6 is 0 Å². The van der Waals surface area contributed by atoms with E-state index in [1.54, 1.807) is 58.0 Å². The highest BCUT2D eigenvalue weighted by Crippen LogP contribution is 2.39. The lowest BCUT2D eigenvalue weighted by Gasteiger charge is -2.23. The Morgan fingerprint density at radius 1 is 0.940 bits per heavy atom. The van der Waals surface area contributed by atoms with Crippen molar-refractivity contribution >= 4 is 38.6 Å². The van der Waals surface area contributed by atoms with Gasteiger partial charge in [0.1, 0.15) is 28.7 Å². The fourth-order valence-electron chi connectivity index (χ4n) is 5.25. The number of benzene rings is 3. The summed E-state index contributed by atoms with van der Waals surface area (Å²) >= 11 is 0. The standard InChI is InChI=1S/C36H36F2N4O7S/c1-6-29(40-35(45)49-36(2,3)4)33(43)39-24-13-15-30(48-31-14-12-23(37)18-28(31)38)26(19-24)27-20-41(5)34(44)32-25(27)16-17-42(32)50(46,47)21-22-10-8-7-9-11-22/h7-20,29H,6,21H2,1-5H3,(H,39,43)(H,40,45)/t29-/m0/s1. The first kappa shape index (κ1) is 35.8. The van der Waals surface area contributed by atoms with Crippen LogP contribution in [0.2, 0.25) is 0 Å². The number of carbonyl (C=O) groups excluding carboxylic acids is 2. The zero-order chi connectivity index (χ0) is 36.4. The number of anilines is 1. The van der Waals surface area contributed by atoms with Gasteiger partial charge in [-0.3, -0.25) is 9.59 Å². The summed E-state index contributed by atoms with van der Waals surface area (Å²) in [6.07, 6.45) is 2.21. The molecule has 14 heteroatoms. The number of nitrogens with zero attached hydrogens (tertiary/aromatic N) is 2. The molecule has 2 amide bonds. The van der Waals surface area contributed by atoms with Gasteiger partial charge >= 0.3 is 6.09 Å². The number of aryl methyl sites for hydroxylation is 1. The predicted molar refractivity (Wildman–Crippen MR) is 186 cm³/mol. The van der Waals surface area contributed by atoms with E-state index in [9.17, 15) is 31.6 Å². The number of nitrogens with one attached hydrogen (secondary N) is 2. The number of aromatic nitrogens is 2. The quantitative estimate of drug-likeness (QED) is 0.165. The third kappa shape index (κ3) is 8.03. The van der Waals surface area contributed by atoms with Gasteiger partial charge in [0.25, 0.3) is 5.56 Å². The molecule has 0 radical (unpaired) electrons. The van der Waals surface area contributed by atoms with E-state index in [1.807, 2.05) is 0 Å². The van der Waals surface area contributed by atoms with Crippen LogP contribution in [0.25, 0.3) is 22.0 Å². The second-order valence-corrected chi connectivity index (χ2v) is 14.4. The minimum atomic E-state index is -4.08. The molecule has 0 bridgehead atoms. The number of alkyl carbamates (subject to hydrolysis) is 1. The molecule has 262 valence electrons. The Labute approximate surface area is 287 Å². The minimum Gasteiger partial charge on any atom is -0.454 e. The Morgan fingerprint density at radius 2 is 1.64 bits per heavy atom. The van der Waals surface area contributed by atoms with E-state index in [0.29, 0.717) is 17.2 Å². The Kier molecular flexibility index (Phi) is 10.1. The molecular weight excluding hydrogens is 670 g/mol. The van der Waals surface area contributed by atoms with Crippen molar-refractivity contribution < 1.29 is 36.3 Å². The summed E-state index contributed by atoms with van der Waals surface area (Å²) in [6.45, 7) is 6.79. The monoisotopic (exact) mass is 706 g/mol. The number of carbonyl (C=O) groups is 2. The Bertz CT molecular complexity index is 2240. The van der Waals surface area contributed by atoms with Crippen molar-refractivity contribution in [2.24, 2.45) is 7.05 Å². The second-order valence-electron chi connectivity index (χ2n) is 12.6. The van der Waals surface area contributed by atoms with Gasteiger partial charge in [-0.2, -0.15) is 0 Å². The number of fused-ring (bicyclic) bond motifs is 1. The predicted octanol–water partition coefficient (Wildman–Crippen LogP) is 6.70. The molecule has 0 aliphatic heterocycles. The highest BCUT2D eigenvalue weighted by atomic mass is 32.2. The van der Waals surface area contributed by atoms with Crippen molar-refractivity contribution in [1.29, 1.82) is 0 Å². The van der Waals surface area contributed by atoms with E-state index >= 15 is 0 Å². The van der Waals surface area contributed by atoms with E-state index in [4.69, 9.17) is 9.47 Å². The maximum Gasteiger partial charge on any atom is 0.408 e. The van der Waals surface area contributed by atoms with Gasteiger partial charge in [-0.15, -0.1) is 0 Å². The van der Waals surface area contributed by atoms with Gasteiger partial charge < -0.3 is 24.7 Å². The third-order valence-corrected chi connectivity index (χ3v) is 9.15. The first-order valence-electron chi connectivity index (χ1n) is 15.6. The molecule has 2 N–H and O–H groups in total. The maximum atomic E-state index is 14.8. The van der Waals surface area contributed by atoms with Crippen LogP contribution in [0, 0.1) is 11.6 Å². The van der Waals surface area contributed by atoms with E-state index in [0.717, 1.165) is 16.1 Å². The summed E-state index contributed by atoms with van der Waals surface area (Å²) in [7, 11) is -2.63. The molecule has 1 atom stereocenters. The average molecular weight is 707 g/mol. The SMILES string of the molecule is CC[C@H](NC(=O)OC(C)(C)C)C(=O)Nc1ccc(Oc2ccc(F)cc2F)c(-c2cn(C)c(=O)c3c2ccn3S(=O)(=O)Cc2ccccc2)c1. The van der Waals surface area contributed by atoms with Gasteiger partial charge in [0, 0.05) is 47.7 Å². The molecule has 5 rings (SSSR count). The number of halogens is 2. The van der Waals surface area contributed by atoms with Crippen LogP contribution in [0.3, 0.4) is 0 Å². The molecule has 0 aliphatic carbocycles. The summed E-state index contributed by atoms with van der Waals surface area (Å²) < 4.78 is 69.0. The summed E-state index contributed by atoms with van der Waals surface area (Å²) in [5.74, 6) is -2.98. The van der Waals surface area contributed by atoms with Crippen molar-refractivity contribution in [3.63, 3.8) is 0 Å². The van der Waals surface area contributed by atoms with Crippen LogP contribution in [0.4, 0.5) is 19.3 Å². The minimum absolute atomic E-state index is 0.0484. The van der Waals surface area contributed by atoms with E-state index < -0.39 is 50.9 Å². The highest BCUT2D eigenvalue weighted by molar-refractivity contribution is 7.89. The first-order chi connectivity index (χ1) is 23.6. The number of ether oxygens (including phenoxy) is 2. The average Bonchev–Trinajstić information content (AvgIpc) is 3.50. The van der Waals surface area contributed by atoms with Gasteiger partial charge in [-0.05, 0) is 69.2 Å². The fraction of sp³-hybridized carbons (Fsp3) is 0.250.